The Morgan fingerprint density at radius 3 is 2.67 bits per heavy atom. The molecule has 24 heavy (non-hydrogen) atoms. The smallest absolute Gasteiger partial charge is 0.238 e. The highest BCUT2D eigenvalue weighted by atomic mass is 35.5. The summed E-state index contributed by atoms with van der Waals surface area (Å²) in [5, 5.41) is 6.62. The van der Waals surface area contributed by atoms with Crippen molar-refractivity contribution >= 4 is 24.0 Å². The van der Waals surface area contributed by atoms with E-state index < -0.39 is 0 Å². The number of amides is 1. The Hall–Kier alpha value is -1.10. The summed E-state index contributed by atoms with van der Waals surface area (Å²) in [5.41, 5.74) is 3.59. The summed E-state index contributed by atoms with van der Waals surface area (Å²) in [6.45, 7) is 7.67. The van der Waals surface area contributed by atoms with Gasteiger partial charge in [0, 0.05) is 30.9 Å². The summed E-state index contributed by atoms with van der Waals surface area (Å²) in [7, 11) is 0. The van der Waals surface area contributed by atoms with Crippen molar-refractivity contribution in [2.45, 2.75) is 51.5 Å². The summed E-state index contributed by atoms with van der Waals surface area (Å²) in [5.74, 6) is 0.111. The van der Waals surface area contributed by atoms with Gasteiger partial charge >= 0.3 is 0 Å². The van der Waals surface area contributed by atoms with Crippen molar-refractivity contribution in [2.24, 2.45) is 0 Å². The summed E-state index contributed by atoms with van der Waals surface area (Å²) in [6, 6.07) is 6.12. The fraction of sp³-hybridized carbons (Fsp3) is 0.632. The lowest BCUT2D eigenvalue weighted by molar-refractivity contribution is -0.120. The minimum atomic E-state index is 0. The molecule has 0 radical (unpaired) electrons. The predicted molar refractivity (Wildman–Crippen MR) is 102 cm³/mol. The number of carbonyl (C=O) groups is 1. The lowest BCUT2D eigenvalue weighted by atomic mass is 9.79. The number of hydrogen-bond acceptors (Lipinski definition) is 3. The normalized spacial score (nSPS) is 20.4. The SMILES string of the molecule is Cc1ccc(NC(=O)CN2CCNCC23CCCCC3)cc1C.Cl. The lowest BCUT2D eigenvalue weighted by Crippen LogP contribution is -2.63. The molecule has 2 aliphatic rings. The van der Waals surface area contributed by atoms with Crippen molar-refractivity contribution in [3.05, 3.63) is 29.3 Å². The monoisotopic (exact) mass is 351 g/mol. The number of rotatable bonds is 3. The lowest BCUT2D eigenvalue weighted by Gasteiger charge is -2.49. The van der Waals surface area contributed by atoms with Crippen LogP contribution >= 0.6 is 12.4 Å². The van der Waals surface area contributed by atoms with Crippen LogP contribution in [-0.2, 0) is 4.79 Å². The molecule has 1 heterocycles. The van der Waals surface area contributed by atoms with Gasteiger partial charge in [-0.2, -0.15) is 0 Å². The van der Waals surface area contributed by atoms with Crippen LogP contribution in [0.15, 0.2) is 18.2 Å². The second-order valence-corrected chi connectivity index (χ2v) is 7.23. The third-order valence-electron chi connectivity index (χ3n) is 5.59. The maximum atomic E-state index is 12.5. The van der Waals surface area contributed by atoms with Crippen molar-refractivity contribution in [1.29, 1.82) is 0 Å². The molecule has 2 N–H and O–H groups in total. The van der Waals surface area contributed by atoms with E-state index in [4.69, 9.17) is 0 Å². The molecule has 1 aromatic rings. The summed E-state index contributed by atoms with van der Waals surface area (Å²) >= 11 is 0. The molecular formula is C19H30ClN3O. The fourth-order valence-electron chi connectivity index (χ4n) is 4.03. The molecule has 5 heteroatoms. The molecule has 2 fully saturated rings. The third kappa shape index (κ3) is 4.29. The number of nitrogens with one attached hydrogen (secondary N) is 2. The van der Waals surface area contributed by atoms with Crippen LogP contribution in [0.2, 0.25) is 0 Å². The van der Waals surface area contributed by atoms with Crippen LogP contribution in [0.4, 0.5) is 5.69 Å². The molecule has 1 aliphatic carbocycles. The average Bonchev–Trinajstić information content (AvgIpc) is 2.54. The number of aryl methyl sites for hydroxylation is 2. The first-order valence-electron chi connectivity index (χ1n) is 8.92. The second-order valence-electron chi connectivity index (χ2n) is 7.23. The molecule has 1 spiro atoms. The zero-order chi connectivity index (χ0) is 16.3. The van der Waals surface area contributed by atoms with Gasteiger partial charge in [0.05, 0.1) is 6.54 Å². The van der Waals surface area contributed by atoms with Crippen LogP contribution in [0.5, 0.6) is 0 Å². The summed E-state index contributed by atoms with van der Waals surface area (Å²) in [4.78, 5) is 15.0. The van der Waals surface area contributed by atoms with Gasteiger partial charge in [0.15, 0.2) is 0 Å². The van der Waals surface area contributed by atoms with Crippen LogP contribution in [0.3, 0.4) is 0 Å². The molecule has 0 bridgehead atoms. The second kappa shape index (κ2) is 8.32. The maximum Gasteiger partial charge on any atom is 0.238 e. The average molecular weight is 352 g/mol. The molecule has 3 rings (SSSR count). The van der Waals surface area contributed by atoms with E-state index in [1.54, 1.807) is 0 Å². The quantitative estimate of drug-likeness (QED) is 0.878. The van der Waals surface area contributed by atoms with Crippen LogP contribution in [0.1, 0.15) is 43.2 Å². The number of nitrogens with zero attached hydrogens (tertiary/aromatic N) is 1. The van der Waals surface area contributed by atoms with Crippen LogP contribution in [-0.4, -0.2) is 42.5 Å². The predicted octanol–water partition coefficient (Wildman–Crippen LogP) is 3.27. The molecule has 1 aliphatic heterocycles. The maximum absolute atomic E-state index is 12.5. The molecule has 1 saturated heterocycles. The Kier molecular flexibility index (Phi) is 6.67. The van der Waals surface area contributed by atoms with Crippen LogP contribution in [0.25, 0.3) is 0 Å². The highest BCUT2D eigenvalue weighted by molar-refractivity contribution is 5.92. The van der Waals surface area contributed by atoms with E-state index in [1.807, 2.05) is 6.07 Å². The fourth-order valence-corrected chi connectivity index (χ4v) is 4.03. The van der Waals surface area contributed by atoms with E-state index in [2.05, 4.69) is 41.5 Å². The van der Waals surface area contributed by atoms with Crippen molar-refractivity contribution in [3.63, 3.8) is 0 Å². The highest BCUT2D eigenvalue weighted by Crippen LogP contribution is 2.34. The Morgan fingerprint density at radius 2 is 1.96 bits per heavy atom. The number of halogens is 1. The number of hydrogen-bond donors (Lipinski definition) is 2. The standard InChI is InChI=1S/C19H29N3O.ClH/c1-15-6-7-17(12-16(15)2)21-18(23)13-22-11-10-20-14-19(22)8-4-3-5-9-19;/h6-7,12,20H,3-5,8-11,13-14H2,1-2H3,(H,21,23);1H. The van der Waals surface area contributed by atoms with Gasteiger partial charge in [-0.1, -0.05) is 25.3 Å². The zero-order valence-corrected chi connectivity index (χ0v) is 15.7. The van der Waals surface area contributed by atoms with E-state index in [-0.39, 0.29) is 23.9 Å². The van der Waals surface area contributed by atoms with Gasteiger partial charge < -0.3 is 10.6 Å². The first-order valence-corrected chi connectivity index (χ1v) is 8.92. The number of carbonyl (C=O) groups excluding carboxylic acids is 1. The van der Waals surface area contributed by atoms with Crippen LogP contribution in [0, 0.1) is 13.8 Å². The summed E-state index contributed by atoms with van der Waals surface area (Å²) in [6.07, 6.45) is 6.35. The van der Waals surface area contributed by atoms with Crippen molar-refractivity contribution in [2.75, 3.05) is 31.5 Å². The Bertz CT molecular complexity index is 561. The molecule has 0 aromatic heterocycles. The molecule has 4 nitrogen and oxygen atoms in total. The zero-order valence-electron chi connectivity index (χ0n) is 14.9. The Morgan fingerprint density at radius 1 is 1.21 bits per heavy atom. The van der Waals surface area contributed by atoms with Gasteiger partial charge in [-0.15, -0.1) is 12.4 Å². The molecule has 134 valence electrons. The van der Waals surface area contributed by atoms with Gasteiger partial charge in [0.2, 0.25) is 5.91 Å². The van der Waals surface area contributed by atoms with Gasteiger partial charge in [-0.3, -0.25) is 9.69 Å². The minimum absolute atomic E-state index is 0. The van der Waals surface area contributed by atoms with Gasteiger partial charge in [0.1, 0.15) is 0 Å². The van der Waals surface area contributed by atoms with E-state index in [1.165, 1.54) is 43.2 Å². The topological polar surface area (TPSA) is 44.4 Å². The van der Waals surface area contributed by atoms with E-state index in [9.17, 15) is 4.79 Å². The van der Waals surface area contributed by atoms with Gasteiger partial charge in [-0.05, 0) is 49.9 Å². The van der Waals surface area contributed by atoms with Crippen molar-refractivity contribution < 1.29 is 4.79 Å². The van der Waals surface area contributed by atoms with Gasteiger partial charge in [-0.25, -0.2) is 0 Å². The first kappa shape index (κ1) is 19.2. The molecule has 1 saturated carbocycles. The number of piperazine rings is 1. The largest absolute Gasteiger partial charge is 0.325 e. The molecule has 1 aromatic carbocycles. The van der Waals surface area contributed by atoms with E-state index in [0.717, 1.165) is 25.3 Å². The minimum Gasteiger partial charge on any atom is -0.325 e. The highest BCUT2D eigenvalue weighted by Gasteiger charge is 2.40. The molecule has 1 amide bonds. The van der Waals surface area contributed by atoms with E-state index >= 15 is 0 Å². The van der Waals surface area contributed by atoms with Gasteiger partial charge in [0.25, 0.3) is 0 Å². The summed E-state index contributed by atoms with van der Waals surface area (Å²) < 4.78 is 0. The molecule has 0 atom stereocenters. The third-order valence-corrected chi connectivity index (χ3v) is 5.59. The number of anilines is 1. The van der Waals surface area contributed by atoms with Crippen molar-refractivity contribution in [3.8, 4) is 0 Å². The Balaban J connectivity index is 0.00000208. The number of benzene rings is 1. The Labute approximate surface area is 151 Å². The first-order chi connectivity index (χ1) is 11.1. The molecular weight excluding hydrogens is 322 g/mol. The van der Waals surface area contributed by atoms with Crippen molar-refractivity contribution in [1.82, 2.24) is 10.2 Å². The van der Waals surface area contributed by atoms with Crippen LogP contribution < -0.4 is 10.6 Å². The molecule has 0 unspecified atom stereocenters. The van der Waals surface area contributed by atoms with E-state index in [0.29, 0.717) is 6.54 Å².